The molecule has 0 aliphatic rings. The summed E-state index contributed by atoms with van der Waals surface area (Å²) in [5.74, 6) is -0.417. The summed E-state index contributed by atoms with van der Waals surface area (Å²) in [6, 6.07) is 15.1. The van der Waals surface area contributed by atoms with Crippen LogP contribution in [0, 0.1) is 0 Å². The normalized spacial score (nSPS) is 9.94. The predicted octanol–water partition coefficient (Wildman–Crippen LogP) is 4.94. The number of halogens is 1. The molecule has 0 bridgehead atoms. The number of hydrogen-bond donors (Lipinski definition) is 0. The van der Waals surface area contributed by atoms with E-state index in [2.05, 4.69) is 13.2 Å². The maximum Gasteiger partial charge on any atom is 0.123 e. The Morgan fingerprint density at radius 2 is 1.53 bits per heavy atom. The topological polar surface area (TPSA) is 0 Å². The first-order valence-corrected chi connectivity index (χ1v) is 5.39. The molecule has 0 nitrogen and oxygen atoms in total. The lowest BCUT2D eigenvalue weighted by Gasteiger charge is -2.10. The average Bonchev–Trinajstić information content (AvgIpc) is 2.38. The minimum atomic E-state index is -0.417. The van der Waals surface area contributed by atoms with Crippen LogP contribution in [0.1, 0.15) is 11.1 Å². The molecule has 0 amide bonds. The molecule has 0 heterocycles. The van der Waals surface area contributed by atoms with Crippen LogP contribution in [0.5, 0.6) is 0 Å². The summed E-state index contributed by atoms with van der Waals surface area (Å²) in [7, 11) is 0. The fourth-order valence-electron chi connectivity index (χ4n) is 1.87. The smallest absolute Gasteiger partial charge is 0.123 e. The molecule has 0 saturated heterocycles. The summed E-state index contributed by atoms with van der Waals surface area (Å²) in [6.45, 7) is 7.15. The van der Waals surface area contributed by atoms with Crippen LogP contribution in [0.3, 0.4) is 0 Å². The highest BCUT2D eigenvalue weighted by molar-refractivity contribution is 5.82. The van der Waals surface area contributed by atoms with Crippen molar-refractivity contribution in [3.05, 3.63) is 72.8 Å². The van der Waals surface area contributed by atoms with Gasteiger partial charge in [-0.3, -0.25) is 0 Å². The SMILES string of the molecule is C=Cc1ccccc1-c1ccccc1C(=C)F. The van der Waals surface area contributed by atoms with Gasteiger partial charge in [-0.1, -0.05) is 67.8 Å². The Labute approximate surface area is 101 Å². The van der Waals surface area contributed by atoms with Crippen molar-refractivity contribution in [1.82, 2.24) is 0 Å². The maximum absolute atomic E-state index is 13.4. The number of hydrogen-bond acceptors (Lipinski definition) is 0. The number of rotatable bonds is 3. The third kappa shape index (κ3) is 2.18. The highest BCUT2D eigenvalue weighted by atomic mass is 19.1. The monoisotopic (exact) mass is 224 g/mol. The summed E-state index contributed by atoms with van der Waals surface area (Å²) in [5.41, 5.74) is 3.33. The van der Waals surface area contributed by atoms with E-state index >= 15 is 0 Å². The van der Waals surface area contributed by atoms with Gasteiger partial charge in [-0.15, -0.1) is 0 Å². The van der Waals surface area contributed by atoms with Gasteiger partial charge in [0, 0.05) is 5.56 Å². The Morgan fingerprint density at radius 1 is 0.941 bits per heavy atom. The van der Waals surface area contributed by atoms with Crippen molar-refractivity contribution in [2.75, 3.05) is 0 Å². The van der Waals surface area contributed by atoms with Crippen LogP contribution in [0.15, 0.2) is 61.7 Å². The Bertz CT molecular complexity index is 567. The first kappa shape index (κ1) is 11.3. The van der Waals surface area contributed by atoms with E-state index in [4.69, 9.17) is 0 Å². The Balaban J connectivity index is 2.68. The average molecular weight is 224 g/mol. The molecule has 0 spiro atoms. The largest absolute Gasteiger partial charge is 0.207 e. The molecule has 2 aromatic carbocycles. The van der Waals surface area contributed by atoms with Gasteiger partial charge < -0.3 is 0 Å². The van der Waals surface area contributed by atoms with Crippen LogP contribution in [0.2, 0.25) is 0 Å². The Morgan fingerprint density at radius 3 is 2.18 bits per heavy atom. The second-order valence-corrected chi connectivity index (χ2v) is 3.74. The zero-order chi connectivity index (χ0) is 12.3. The zero-order valence-electron chi connectivity index (χ0n) is 9.49. The van der Waals surface area contributed by atoms with Crippen molar-refractivity contribution >= 4 is 11.9 Å². The van der Waals surface area contributed by atoms with E-state index in [1.165, 1.54) is 0 Å². The lowest BCUT2D eigenvalue weighted by Crippen LogP contribution is -1.88. The highest BCUT2D eigenvalue weighted by Gasteiger charge is 2.09. The van der Waals surface area contributed by atoms with E-state index in [-0.39, 0.29) is 0 Å². The van der Waals surface area contributed by atoms with Crippen molar-refractivity contribution < 1.29 is 4.39 Å². The van der Waals surface area contributed by atoms with Gasteiger partial charge in [-0.25, -0.2) is 4.39 Å². The molecule has 0 N–H and O–H groups in total. The lowest BCUT2D eigenvalue weighted by atomic mass is 9.95. The predicted molar refractivity (Wildman–Crippen MR) is 72.1 cm³/mol. The van der Waals surface area contributed by atoms with Gasteiger partial charge >= 0.3 is 0 Å². The highest BCUT2D eigenvalue weighted by Crippen LogP contribution is 2.31. The van der Waals surface area contributed by atoms with Crippen molar-refractivity contribution in [1.29, 1.82) is 0 Å². The fourth-order valence-corrected chi connectivity index (χ4v) is 1.87. The molecule has 0 aliphatic carbocycles. The van der Waals surface area contributed by atoms with Gasteiger partial charge in [0.15, 0.2) is 0 Å². The molecule has 17 heavy (non-hydrogen) atoms. The molecular weight excluding hydrogens is 211 g/mol. The Kier molecular flexibility index (Phi) is 3.20. The second kappa shape index (κ2) is 4.79. The van der Waals surface area contributed by atoms with E-state index in [0.29, 0.717) is 5.56 Å². The molecule has 0 unspecified atom stereocenters. The minimum absolute atomic E-state index is 0.417. The van der Waals surface area contributed by atoms with Crippen molar-refractivity contribution in [2.24, 2.45) is 0 Å². The molecule has 84 valence electrons. The molecule has 1 heteroatoms. The molecule has 0 radical (unpaired) electrons. The van der Waals surface area contributed by atoms with E-state index in [1.54, 1.807) is 18.2 Å². The number of benzene rings is 2. The van der Waals surface area contributed by atoms with Crippen molar-refractivity contribution in [3.63, 3.8) is 0 Å². The Hall–Kier alpha value is -2.15. The van der Waals surface area contributed by atoms with Crippen LogP contribution in [-0.2, 0) is 0 Å². The lowest BCUT2D eigenvalue weighted by molar-refractivity contribution is 0.764. The molecule has 2 aromatic rings. The first-order chi connectivity index (χ1) is 8.24. The van der Waals surface area contributed by atoms with Crippen LogP contribution >= 0.6 is 0 Å². The summed E-state index contributed by atoms with van der Waals surface area (Å²) in [5, 5.41) is 0. The van der Waals surface area contributed by atoms with Gasteiger partial charge in [0.25, 0.3) is 0 Å². The summed E-state index contributed by atoms with van der Waals surface area (Å²) < 4.78 is 13.4. The van der Waals surface area contributed by atoms with Crippen molar-refractivity contribution in [2.45, 2.75) is 0 Å². The third-order valence-electron chi connectivity index (χ3n) is 2.69. The van der Waals surface area contributed by atoms with E-state index in [9.17, 15) is 4.39 Å². The third-order valence-corrected chi connectivity index (χ3v) is 2.69. The molecule has 0 fully saturated rings. The van der Waals surface area contributed by atoms with Crippen LogP contribution in [0.4, 0.5) is 4.39 Å². The quantitative estimate of drug-likeness (QED) is 0.693. The standard InChI is InChI=1S/C16H13F/c1-3-13-8-4-5-10-15(13)16-11-7-6-9-14(16)12(2)17/h3-11H,1-2H2. The molecule has 0 atom stereocenters. The van der Waals surface area contributed by atoms with Gasteiger partial charge in [0.05, 0.1) is 0 Å². The summed E-state index contributed by atoms with van der Waals surface area (Å²) in [6.07, 6.45) is 1.77. The second-order valence-electron chi connectivity index (χ2n) is 3.74. The maximum atomic E-state index is 13.4. The first-order valence-electron chi connectivity index (χ1n) is 5.39. The molecular formula is C16H13F. The van der Waals surface area contributed by atoms with Crippen LogP contribution < -0.4 is 0 Å². The van der Waals surface area contributed by atoms with Gasteiger partial charge in [-0.2, -0.15) is 0 Å². The molecule has 0 aliphatic heterocycles. The van der Waals surface area contributed by atoms with E-state index < -0.39 is 5.83 Å². The molecule has 0 aromatic heterocycles. The van der Waals surface area contributed by atoms with Gasteiger partial charge in [-0.05, 0) is 16.7 Å². The molecule has 2 rings (SSSR count). The fraction of sp³-hybridized carbons (Fsp3) is 0. The van der Waals surface area contributed by atoms with Gasteiger partial charge in [0.2, 0.25) is 0 Å². The minimum Gasteiger partial charge on any atom is -0.207 e. The zero-order valence-corrected chi connectivity index (χ0v) is 9.49. The van der Waals surface area contributed by atoms with E-state index in [0.717, 1.165) is 16.7 Å². The van der Waals surface area contributed by atoms with Gasteiger partial charge in [0.1, 0.15) is 5.83 Å². The summed E-state index contributed by atoms with van der Waals surface area (Å²) >= 11 is 0. The van der Waals surface area contributed by atoms with Crippen LogP contribution in [0.25, 0.3) is 23.0 Å². The summed E-state index contributed by atoms with van der Waals surface area (Å²) in [4.78, 5) is 0. The molecule has 0 saturated carbocycles. The van der Waals surface area contributed by atoms with Crippen molar-refractivity contribution in [3.8, 4) is 11.1 Å². The van der Waals surface area contributed by atoms with Crippen LogP contribution in [-0.4, -0.2) is 0 Å². The van der Waals surface area contributed by atoms with E-state index in [1.807, 2.05) is 36.4 Å².